The highest BCUT2D eigenvalue weighted by Crippen LogP contribution is 2.26. The van der Waals surface area contributed by atoms with Crippen molar-refractivity contribution in [1.29, 1.82) is 0 Å². The summed E-state index contributed by atoms with van der Waals surface area (Å²) in [6.45, 7) is 3.79. The van der Waals surface area contributed by atoms with Gasteiger partial charge in [0.05, 0.1) is 5.02 Å². The Hall–Kier alpha value is -1.71. The van der Waals surface area contributed by atoms with E-state index in [2.05, 4.69) is 5.32 Å². The molecule has 0 spiro atoms. The third kappa shape index (κ3) is 4.15. The van der Waals surface area contributed by atoms with Crippen molar-refractivity contribution in [3.05, 3.63) is 58.1 Å². The van der Waals surface area contributed by atoms with Gasteiger partial charge in [-0.05, 0) is 43.2 Å². The molecule has 0 aliphatic carbocycles. The third-order valence-corrected chi connectivity index (χ3v) is 3.77. The molecule has 22 heavy (non-hydrogen) atoms. The molecule has 5 heteroatoms. The van der Waals surface area contributed by atoms with Gasteiger partial charge in [-0.2, -0.15) is 0 Å². The average molecular weight is 338 g/mol. The number of carbonyl (C=O) groups excluding carboxylic acids is 1. The summed E-state index contributed by atoms with van der Waals surface area (Å²) in [4.78, 5) is 12.4. The second-order valence-corrected chi connectivity index (χ2v) is 5.74. The zero-order valence-corrected chi connectivity index (χ0v) is 13.9. The lowest BCUT2D eigenvalue weighted by molar-refractivity contribution is -0.122. The lowest BCUT2D eigenvalue weighted by atomic mass is 10.2. The van der Waals surface area contributed by atoms with Gasteiger partial charge in [0.2, 0.25) is 0 Å². The summed E-state index contributed by atoms with van der Waals surface area (Å²) >= 11 is 12.0. The summed E-state index contributed by atoms with van der Waals surface area (Å²) in [5.41, 5.74) is 1.61. The van der Waals surface area contributed by atoms with Crippen molar-refractivity contribution in [1.82, 2.24) is 0 Å². The fraction of sp³-hybridized carbons (Fsp3) is 0.235. The van der Waals surface area contributed by atoms with Crippen molar-refractivity contribution in [2.45, 2.75) is 26.4 Å². The van der Waals surface area contributed by atoms with Gasteiger partial charge in [-0.3, -0.25) is 4.79 Å². The van der Waals surface area contributed by atoms with Crippen molar-refractivity contribution in [3.8, 4) is 5.75 Å². The van der Waals surface area contributed by atoms with E-state index in [-0.39, 0.29) is 5.91 Å². The standard InChI is InChI=1S/C17H17Cl2NO2/c1-3-15(22-16-7-5-4-6-13(16)19)17(21)20-14-10-12(18)9-8-11(14)2/h4-10,15H,3H2,1-2H3,(H,20,21). The Morgan fingerprint density at radius 3 is 2.64 bits per heavy atom. The number of amides is 1. The van der Waals surface area contributed by atoms with Crippen LogP contribution in [-0.4, -0.2) is 12.0 Å². The largest absolute Gasteiger partial charge is 0.479 e. The van der Waals surface area contributed by atoms with Crippen molar-refractivity contribution in [2.75, 3.05) is 5.32 Å². The van der Waals surface area contributed by atoms with E-state index >= 15 is 0 Å². The summed E-state index contributed by atoms with van der Waals surface area (Å²) in [5, 5.41) is 3.90. The fourth-order valence-corrected chi connectivity index (χ4v) is 2.31. The summed E-state index contributed by atoms with van der Waals surface area (Å²) in [7, 11) is 0. The minimum absolute atomic E-state index is 0.229. The minimum atomic E-state index is -0.627. The molecule has 1 atom stereocenters. The van der Waals surface area contributed by atoms with E-state index in [0.717, 1.165) is 5.56 Å². The molecule has 2 rings (SSSR count). The molecule has 1 N–H and O–H groups in total. The molecule has 0 bridgehead atoms. The number of hydrogen-bond acceptors (Lipinski definition) is 2. The first-order valence-electron chi connectivity index (χ1n) is 6.99. The number of para-hydroxylation sites is 1. The highest BCUT2D eigenvalue weighted by Gasteiger charge is 2.20. The molecule has 0 heterocycles. The van der Waals surface area contributed by atoms with E-state index in [9.17, 15) is 4.79 Å². The molecule has 0 saturated carbocycles. The number of nitrogens with one attached hydrogen (secondary N) is 1. The van der Waals surface area contributed by atoms with Crippen molar-refractivity contribution in [3.63, 3.8) is 0 Å². The topological polar surface area (TPSA) is 38.3 Å². The number of benzene rings is 2. The van der Waals surface area contributed by atoms with Crippen molar-refractivity contribution >= 4 is 34.8 Å². The zero-order valence-electron chi connectivity index (χ0n) is 12.4. The van der Waals surface area contributed by atoms with Crippen LogP contribution in [0.2, 0.25) is 10.0 Å². The lowest BCUT2D eigenvalue weighted by Crippen LogP contribution is -2.32. The van der Waals surface area contributed by atoms with Crippen LogP contribution in [0.5, 0.6) is 5.75 Å². The molecule has 0 radical (unpaired) electrons. The minimum Gasteiger partial charge on any atom is -0.479 e. The number of halogens is 2. The molecule has 2 aromatic carbocycles. The molecule has 1 unspecified atom stereocenters. The highest BCUT2D eigenvalue weighted by atomic mass is 35.5. The summed E-state index contributed by atoms with van der Waals surface area (Å²) in [6, 6.07) is 12.4. The third-order valence-electron chi connectivity index (χ3n) is 3.23. The van der Waals surface area contributed by atoms with Gasteiger partial charge in [0, 0.05) is 10.7 Å². The number of aryl methyl sites for hydroxylation is 1. The SMILES string of the molecule is CCC(Oc1ccccc1Cl)C(=O)Nc1cc(Cl)ccc1C. The Balaban J connectivity index is 2.12. The maximum atomic E-state index is 12.4. The molecule has 0 aliphatic rings. The Labute approximate surface area is 140 Å². The zero-order chi connectivity index (χ0) is 16.1. The van der Waals surface area contributed by atoms with Crippen LogP contribution >= 0.6 is 23.2 Å². The molecule has 2 aromatic rings. The van der Waals surface area contributed by atoms with Gasteiger partial charge in [0.15, 0.2) is 6.10 Å². The molecule has 1 amide bonds. The summed E-state index contributed by atoms with van der Waals surface area (Å²) < 4.78 is 5.72. The maximum absolute atomic E-state index is 12.4. The van der Waals surface area contributed by atoms with Crippen LogP contribution < -0.4 is 10.1 Å². The molecular weight excluding hydrogens is 321 g/mol. The molecule has 116 valence electrons. The Kier molecular flexibility index (Phi) is 5.69. The quantitative estimate of drug-likeness (QED) is 0.824. The van der Waals surface area contributed by atoms with Gasteiger partial charge in [0.25, 0.3) is 5.91 Å². The number of rotatable bonds is 5. The van der Waals surface area contributed by atoms with Gasteiger partial charge >= 0.3 is 0 Å². The predicted octanol–water partition coefficient (Wildman–Crippen LogP) is 5.10. The monoisotopic (exact) mass is 337 g/mol. The van der Waals surface area contributed by atoms with E-state index in [1.807, 2.05) is 32.0 Å². The van der Waals surface area contributed by atoms with Crippen LogP contribution in [0.4, 0.5) is 5.69 Å². The van der Waals surface area contributed by atoms with Crippen LogP contribution in [-0.2, 0) is 4.79 Å². The fourth-order valence-electron chi connectivity index (χ4n) is 1.96. The van der Waals surface area contributed by atoms with Crippen LogP contribution in [0, 0.1) is 6.92 Å². The van der Waals surface area contributed by atoms with Gasteiger partial charge < -0.3 is 10.1 Å². The molecule has 0 saturated heterocycles. The van der Waals surface area contributed by atoms with E-state index in [0.29, 0.717) is 27.9 Å². The van der Waals surface area contributed by atoms with Crippen LogP contribution in [0.1, 0.15) is 18.9 Å². The van der Waals surface area contributed by atoms with Gasteiger partial charge in [-0.25, -0.2) is 0 Å². The molecule has 0 aliphatic heterocycles. The number of carbonyl (C=O) groups is 1. The first-order chi connectivity index (χ1) is 10.5. The Morgan fingerprint density at radius 1 is 1.23 bits per heavy atom. The second kappa shape index (κ2) is 7.52. The van der Waals surface area contributed by atoms with Crippen molar-refractivity contribution in [2.24, 2.45) is 0 Å². The highest BCUT2D eigenvalue weighted by molar-refractivity contribution is 6.32. The lowest BCUT2D eigenvalue weighted by Gasteiger charge is -2.18. The Bertz CT molecular complexity index is 673. The smallest absolute Gasteiger partial charge is 0.265 e. The molecule has 3 nitrogen and oxygen atoms in total. The summed E-state index contributed by atoms with van der Waals surface area (Å²) in [6.07, 6.45) is -0.102. The normalized spacial score (nSPS) is 11.8. The maximum Gasteiger partial charge on any atom is 0.265 e. The van der Waals surface area contributed by atoms with E-state index in [4.69, 9.17) is 27.9 Å². The second-order valence-electron chi connectivity index (χ2n) is 4.89. The summed E-state index contributed by atoms with van der Waals surface area (Å²) in [5.74, 6) is 0.266. The number of anilines is 1. The predicted molar refractivity (Wildman–Crippen MR) is 91.0 cm³/mol. The van der Waals surface area contributed by atoms with Crippen LogP contribution in [0.25, 0.3) is 0 Å². The number of ether oxygens (including phenoxy) is 1. The van der Waals surface area contributed by atoms with Crippen LogP contribution in [0.3, 0.4) is 0 Å². The van der Waals surface area contributed by atoms with E-state index < -0.39 is 6.10 Å². The first-order valence-corrected chi connectivity index (χ1v) is 7.75. The van der Waals surface area contributed by atoms with Gasteiger partial charge in [-0.15, -0.1) is 0 Å². The first kappa shape index (κ1) is 16.7. The molecular formula is C17H17Cl2NO2. The van der Waals surface area contributed by atoms with E-state index in [1.165, 1.54) is 0 Å². The van der Waals surface area contributed by atoms with Crippen LogP contribution in [0.15, 0.2) is 42.5 Å². The van der Waals surface area contributed by atoms with Crippen molar-refractivity contribution < 1.29 is 9.53 Å². The van der Waals surface area contributed by atoms with E-state index in [1.54, 1.807) is 24.3 Å². The molecule has 0 aromatic heterocycles. The molecule has 0 fully saturated rings. The average Bonchev–Trinajstić information content (AvgIpc) is 2.50. The van der Waals surface area contributed by atoms with Gasteiger partial charge in [0.1, 0.15) is 5.75 Å². The van der Waals surface area contributed by atoms with Gasteiger partial charge in [-0.1, -0.05) is 48.3 Å². The Morgan fingerprint density at radius 2 is 1.95 bits per heavy atom. The number of hydrogen-bond donors (Lipinski definition) is 1.